The number of benzene rings is 1. The number of carbonyl (C=O) groups excluding carboxylic acids is 1. The topological polar surface area (TPSA) is 56.8 Å². The van der Waals surface area contributed by atoms with Crippen molar-refractivity contribution >= 4 is 11.7 Å². The number of carbonyl (C=O) groups is 1. The molecule has 0 saturated heterocycles. The molecule has 0 fully saturated rings. The molecule has 0 aliphatic rings. The quantitative estimate of drug-likeness (QED) is 0.788. The highest BCUT2D eigenvalue weighted by Gasteiger charge is 2.17. The van der Waals surface area contributed by atoms with Crippen LogP contribution in [-0.4, -0.2) is 33.3 Å². The van der Waals surface area contributed by atoms with E-state index in [-0.39, 0.29) is 5.97 Å². The largest absolute Gasteiger partial charge is 0.493 e. The lowest BCUT2D eigenvalue weighted by molar-refractivity contribution is 0.0527. The third-order valence-corrected chi connectivity index (χ3v) is 2.39. The van der Waals surface area contributed by atoms with E-state index in [1.54, 1.807) is 26.2 Å². The smallest absolute Gasteiger partial charge is 0.340 e. The van der Waals surface area contributed by atoms with Crippen molar-refractivity contribution in [1.29, 1.82) is 0 Å². The molecule has 100 valence electrons. The lowest BCUT2D eigenvalue weighted by atomic mass is 10.1. The predicted molar refractivity (Wildman–Crippen MR) is 69.7 cm³/mol. The zero-order chi connectivity index (χ0) is 13.5. The first-order valence-electron chi connectivity index (χ1n) is 5.84. The summed E-state index contributed by atoms with van der Waals surface area (Å²) in [7, 11) is 3.08. The maximum Gasteiger partial charge on any atom is 0.340 e. The molecular formula is C13H19NO4. The molecule has 1 N–H and O–H groups in total. The van der Waals surface area contributed by atoms with Crippen LogP contribution in [0, 0.1) is 0 Å². The van der Waals surface area contributed by atoms with Gasteiger partial charge in [0.25, 0.3) is 0 Å². The van der Waals surface area contributed by atoms with Crippen molar-refractivity contribution < 1.29 is 19.0 Å². The first-order valence-corrected chi connectivity index (χ1v) is 5.84. The van der Waals surface area contributed by atoms with E-state index in [0.717, 1.165) is 0 Å². The van der Waals surface area contributed by atoms with Gasteiger partial charge in [-0.05, 0) is 13.8 Å². The number of nitrogens with one attached hydrogen (secondary N) is 1. The summed E-state index contributed by atoms with van der Waals surface area (Å²) in [6, 6.07) is 3.35. The molecule has 0 amide bonds. The van der Waals surface area contributed by atoms with Crippen molar-refractivity contribution in [3.63, 3.8) is 0 Å². The zero-order valence-electron chi connectivity index (χ0n) is 11.2. The summed E-state index contributed by atoms with van der Waals surface area (Å²) in [6.45, 7) is 4.75. The van der Waals surface area contributed by atoms with Crippen LogP contribution in [0.5, 0.6) is 11.5 Å². The van der Waals surface area contributed by atoms with Crippen LogP contribution in [0.1, 0.15) is 24.2 Å². The van der Waals surface area contributed by atoms with E-state index in [1.165, 1.54) is 7.11 Å². The van der Waals surface area contributed by atoms with Crippen molar-refractivity contribution in [3.8, 4) is 11.5 Å². The van der Waals surface area contributed by atoms with Crippen LogP contribution in [-0.2, 0) is 4.74 Å². The summed E-state index contributed by atoms with van der Waals surface area (Å²) in [4.78, 5) is 11.8. The van der Waals surface area contributed by atoms with Crippen molar-refractivity contribution in [2.24, 2.45) is 0 Å². The Labute approximate surface area is 107 Å². The third kappa shape index (κ3) is 3.06. The molecule has 0 aromatic heterocycles. The molecule has 0 atom stereocenters. The van der Waals surface area contributed by atoms with E-state index >= 15 is 0 Å². The van der Waals surface area contributed by atoms with Crippen LogP contribution >= 0.6 is 0 Å². The molecule has 1 rings (SSSR count). The van der Waals surface area contributed by atoms with Gasteiger partial charge in [0.15, 0.2) is 11.5 Å². The molecule has 0 radical (unpaired) electrons. The average Bonchev–Trinajstić information content (AvgIpc) is 2.38. The highest BCUT2D eigenvalue weighted by Crippen LogP contribution is 2.33. The van der Waals surface area contributed by atoms with Crippen LogP contribution in [0.2, 0.25) is 0 Å². The number of rotatable bonds is 6. The van der Waals surface area contributed by atoms with E-state index in [1.807, 2.05) is 6.92 Å². The monoisotopic (exact) mass is 253 g/mol. The summed E-state index contributed by atoms with van der Waals surface area (Å²) in [5.41, 5.74) is 1.12. The fourth-order valence-electron chi connectivity index (χ4n) is 1.59. The fourth-order valence-corrected chi connectivity index (χ4v) is 1.59. The lowest BCUT2D eigenvalue weighted by Crippen LogP contribution is -2.10. The summed E-state index contributed by atoms with van der Waals surface area (Å²) in [5.74, 6) is 0.693. The van der Waals surface area contributed by atoms with E-state index in [2.05, 4.69) is 5.32 Å². The molecule has 1 aromatic carbocycles. The number of ether oxygens (including phenoxy) is 3. The number of hydrogen-bond donors (Lipinski definition) is 1. The molecule has 18 heavy (non-hydrogen) atoms. The first kappa shape index (κ1) is 14.2. The molecule has 0 spiro atoms. The Balaban J connectivity index is 3.23. The van der Waals surface area contributed by atoms with Crippen LogP contribution in [0.4, 0.5) is 5.69 Å². The molecule has 0 aliphatic heterocycles. The lowest BCUT2D eigenvalue weighted by Gasteiger charge is -2.14. The minimum absolute atomic E-state index is 0.332. The van der Waals surface area contributed by atoms with E-state index in [9.17, 15) is 4.79 Å². The van der Waals surface area contributed by atoms with Crippen LogP contribution in [0.25, 0.3) is 0 Å². The molecular weight excluding hydrogens is 234 g/mol. The Morgan fingerprint density at radius 2 is 1.78 bits per heavy atom. The maximum absolute atomic E-state index is 11.8. The zero-order valence-corrected chi connectivity index (χ0v) is 11.2. The first-order chi connectivity index (χ1) is 8.67. The minimum Gasteiger partial charge on any atom is -0.493 e. The fraction of sp³-hybridized carbons (Fsp3) is 0.462. The Kier molecular flexibility index (Phi) is 5.30. The Bertz CT molecular complexity index is 418. The van der Waals surface area contributed by atoms with Gasteiger partial charge in [-0.2, -0.15) is 0 Å². The molecule has 5 heteroatoms. The molecule has 0 unspecified atom stereocenters. The van der Waals surface area contributed by atoms with Gasteiger partial charge in [0.2, 0.25) is 0 Å². The summed E-state index contributed by atoms with van der Waals surface area (Å²) < 4.78 is 15.4. The number of hydrogen-bond acceptors (Lipinski definition) is 5. The minimum atomic E-state index is -0.380. The van der Waals surface area contributed by atoms with Crippen LogP contribution in [0.3, 0.4) is 0 Å². The van der Waals surface area contributed by atoms with Crippen LogP contribution < -0.4 is 14.8 Å². The maximum atomic E-state index is 11.8. The summed E-state index contributed by atoms with van der Waals surface area (Å²) in [6.07, 6.45) is 0. The molecule has 0 aliphatic carbocycles. The van der Waals surface area contributed by atoms with E-state index in [4.69, 9.17) is 14.2 Å². The number of anilines is 1. The number of methoxy groups -OCH3 is 2. The van der Waals surface area contributed by atoms with Crippen molar-refractivity contribution in [2.45, 2.75) is 13.8 Å². The van der Waals surface area contributed by atoms with Crippen molar-refractivity contribution in [1.82, 2.24) is 0 Å². The summed E-state index contributed by atoms with van der Waals surface area (Å²) >= 11 is 0. The molecule has 1 aromatic rings. The average molecular weight is 253 g/mol. The van der Waals surface area contributed by atoms with Crippen molar-refractivity contribution in [3.05, 3.63) is 17.7 Å². The second-order valence-corrected chi connectivity index (χ2v) is 3.50. The highest BCUT2D eigenvalue weighted by molar-refractivity contribution is 5.96. The van der Waals surface area contributed by atoms with E-state index < -0.39 is 0 Å². The van der Waals surface area contributed by atoms with Gasteiger partial charge in [0.05, 0.1) is 32.1 Å². The summed E-state index contributed by atoms with van der Waals surface area (Å²) in [5, 5.41) is 3.11. The van der Waals surface area contributed by atoms with Gasteiger partial charge < -0.3 is 19.5 Å². The predicted octanol–water partition coefficient (Wildman–Crippen LogP) is 2.31. The van der Waals surface area contributed by atoms with Gasteiger partial charge >= 0.3 is 5.97 Å². The third-order valence-electron chi connectivity index (χ3n) is 2.39. The van der Waals surface area contributed by atoms with Gasteiger partial charge in [-0.15, -0.1) is 0 Å². The molecule has 0 heterocycles. The highest BCUT2D eigenvalue weighted by atomic mass is 16.5. The van der Waals surface area contributed by atoms with Gasteiger partial charge in [0, 0.05) is 18.7 Å². The standard InChI is InChI=1S/C13H19NO4/c1-5-14-10-8-12(17-4)11(16-3)7-9(10)13(15)18-6-2/h7-8,14H,5-6H2,1-4H3. The van der Waals surface area contributed by atoms with Gasteiger partial charge in [-0.3, -0.25) is 0 Å². The second kappa shape index (κ2) is 6.74. The SMILES string of the molecule is CCNc1cc(OC)c(OC)cc1C(=O)OCC. The van der Waals surface area contributed by atoms with Crippen molar-refractivity contribution in [2.75, 3.05) is 32.7 Å². The second-order valence-electron chi connectivity index (χ2n) is 3.50. The Morgan fingerprint density at radius 3 is 2.28 bits per heavy atom. The van der Waals surface area contributed by atoms with Crippen LogP contribution in [0.15, 0.2) is 12.1 Å². The molecule has 0 saturated carbocycles. The van der Waals surface area contributed by atoms with Gasteiger partial charge in [-0.25, -0.2) is 4.79 Å². The Hall–Kier alpha value is -1.91. The Morgan fingerprint density at radius 1 is 1.17 bits per heavy atom. The van der Waals surface area contributed by atoms with E-state index in [0.29, 0.717) is 35.9 Å². The molecule has 0 bridgehead atoms. The molecule has 5 nitrogen and oxygen atoms in total. The van der Waals surface area contributed by atoms with Gasteiger partial charge in [-0.1, -0.05) is 0 Å². The number of esters is 1. The normalized spacial score (nSPS) is 9.78. The van der Waals surface area contributed by atoms with Gasteiger partial charge in [0.1, 0.15) is 0 Å².